The molecule has 0 aromatic heterocycles. The molecule has 1 aliphatic carbocycles. The van der Waals surface area contributed by atoms with Gasteiger partial charge in [-0.15, -0.1) is 0 Å². The van der Waals surface area contributed by atoms with Crippen molar-refractivity contribution in [1.82, 2.24) is 5.32 Å². The van der Waals surface area contributed by atoms with Crippen LogP contribution in [-0.2, 0) is 9.16 Å². The second-order valence-corrected chi connectivity index (χ2v) is 16.0. The lowest BCUT2D eigenvalue weighted by Gasteiger charge is -2.39. The van der Waals surface area contributed by atoms with Gasteiger partial charge in [0.25, 0.3) is 0 Å². The average molecular weight is 451 g/mol. The number of rotatable bonds is 6. The van der Waals surface area contributed by atoms with Gasteiger partial charge in [0.1, 0.15) is 5.60 Å². The predicted octanol–water partition coefficient (Wildman–Crippen LogP) is 6.25. The molecule has 0 aromatic carbocycles. The highest BCUT2D eigenvalue weighted by Gasteiger charge is 2.39. The minimum absolute atomic E-state index is 0.0814. The van der Waals surface area contributed by atoms with Gasteiger partial charge in [-0.25, -0.2) is 4.79 Å². The molecular formula is C20H40BrNO3Si. The van der Waals surface area contributed by atoms with Gasteiger partial charge < -0.3 is 14.5 Å². The number of ether oxygens (including phenoxy) is 1. The molecular weight excluding hydrogens is 410 g/mol. The first-order valence-electron chi connectivity index (χ1n) is 10.0. The highest BCUT2D eigenvalue weighted by molar-refractivity contribution is 9.09. The molecule has 0 radical (unpaired) electrons. The van der Waals surface area contributed by atoms with E-state index in [-0.39, 0.29) is 22.0 Å². The van der Waals surface area contributed by atoms with Gasteiger partial charge in [0, 0.05) is 4.83 Å². The van der Waals surface area contributed by atoms with Crippen molar-refractivity contribution < 1.29 is 14.0 Å². The molecule has 6 heteroatoms. The van der Waals surface area contributed by atoms with Gasteiger partial charge in [0.05, 0.1) is 12.6 Å². The van der Waals surface area contributed by atoms with Crippen molar-refractivity contribution in [1.29, 1.82) is 0 Å². The van der Waals surface area contributed by atoms with E-state index in [4.69, 9.17) is 9.16 Å². The topological polar surface area (TPSA) is 47.6 Å². The van der Waals surface area contributed by atoms with Gasteiger partial charge in [-0.05, 0) is 57.7 Å². The normalized spacial score (nSPS) is 19.7. The van der Waals surface area contributed by atoms with E-state index in [9.17, 15) is 4.79 Å². The summed E-state index contributed by atoms with van der Waals surface area (Å²) in [5.74, 6) is 0.576. The molecule has 26 heavy (non-hydrogen) atoms. The van der Waals surface area contributed by atoms with Crippen LogP contribution in [0.2, 0.25) is 18.1 Å². The first-order chi connectivity index (χ1) is 11.7. The third-order valence-electron chi connectivity index (χ3n) is 5.62. The molecule has 0 aromatic rings. The molecule has 1 fully saturated rings. The van der Waals surface area contributed by atoms with E-state index in [1.165, 1.54) is 32.1 Å². The van der Waals surface area contributed by atoms with Crippen LogP contribution in [0, 0.1) is 5.92 Å². The van der Waals surface area contributed by atoms with E-state index < -0.39 is 13.9 Å². The van der Waals surface area contributed by atoms with Gasteiger partial charge in [0.15, 0.2) is 8.32 Å². The molecule has 4 nitrogen and oxygen atoms in total. The van der Waals surface area contributed by atoms with E-state index >= 15 is 0 Å². The fraction of sp³-hybridized carbons (Fsp3) is 0.950. The highest BCUT2D eigenvalue weighted by atomic mass is 79.9. The van der Waals surface area contributed by atoms with Crippen molar-refractivity contribution >= 4 is 30.3 Å². The molecule has 0 aliphatic heterocycles. The Morgan fingerprint density at radius 2 is 1.65 bits per heavy atom. The molecule has 1 N–H and O–H groups in total. The number of amides is 1. The van der Waals surface area contributed by atoms with Gasteiger partial charge in [-0.1, -0.05) is 56.0 Å². The van der Waals surface area contributed by atoms with Crippen LogP contribution < -0.4 is 5.32 Å². The molecule has 0 spiro atoms. The summed E-state index contributed by atoms with van der Waals surface area (Å²) in [7, 11) is -1.87. The molecule has 1 saturated carbocycles. The standard InChI is InChI=1S/C20H40BrNO3Si/c1-19(2,3)25-18(23)22-16(14-24-26(7,8)20(4,5)6)17(21)15-12-10-9-11-13-15/h15-17H,9-14H2,1-8H3,(H,22,23)/t16-,17+/m1/s1. The molecule has 0 saturated heterocycles. The Hall–Kier alpha value is -0.0731. The molecule has 1 rings (SSSR count). The summed E-state index contributed by atoms with van der Waals surface area (Å²) in [6.07, 6.45) is 5.93. The predicted molar refractivity (Wildman–Crippen MR) is 116 cm³/mol. The molecule has 0 unspecified atom stereocenters. The van der Waals surface area contributed by atoms with Gasteiger partial charge in [-0.3, -0.25) is 0 Å². The maximum absolute atomic E-state index is 12.4. The summed E-state index contributed by atoms with van der Waals surface area (Å²) in [6, 6.07) is -0.0814. The van der Waals surface area contributed by atoms with Gasteiger partial charge in [-0.2, -0.15) is 0 Å². The van der Waals surface area contributed by atoms with E-state index in [1.807, 2.05) is 20.8 Å². The van der Waals surface area contributed by atoms with E-state index in [0.717, 1.165) is 0 Å². The van der Waals surface area contributed by atoms with Crippen LogP contribution in [-0.4, -0.2) is 37.5 Å². The molecule has 1 amide bonds. The largest absolute Gasteiger partial charge is 0.444 e. The van der Waals surface area contributed by atoms with Crippen molar-refractivity contribution in [3.05, 3.63) is 0 Å². The Kier molecular flexibility index (Phi) is 8.68. The quantitative estimate of drug-likeness (QED) is 0.385. The lowest BCUT2D eigenvalue weighted by Crippen LogP contribution is -2.51. The van der Waals surface area contributed by atoms with Crippen LogP contribution in [0.25, 0.3) is 0 Å². The second kappa shape index (κ2) is 9.42. The number of nitrogens with one attached hydrogen (secondary N) is 1. The van der Waals surface area contributed by atoms with E-state index in [1.54, 1.807) is 0 Å². The summed E-state index contributed by atoms with van der Waals surface area (Å²) in [5.41, 5.74) is -0.498. The van der Waals surface area contributed by atoms with Crippen LogP contribution in [0.3, 0.4) is 0 Å². The monoisotopic (exact) mass is 449 g/mol. The fourth-order valence-electron chi connectivity index (χ4n) is 2.97. The van der Waals surface area contributed by atoms with Crippen molar-refractivity contribution in [2.45, 2.75) is 108 Å². The minimum atomic E-state index is -1.87. The number of halogens is 1. The minimum Gasteiger partial charge on any atom is -0.444 e. The third kappa shape index (κ3) is 7.89. The lowest BCUT2D eigenvalue weighted by atomic mass is 9.85. The Morgan fingerprint density at radius 1 is 1.12 bits per heavy atom. The molecule has 154 valence electrons. The van der Waals surface area contributed by atoms with Gasteiger partial charge >= 0.3 is 6.09 Å². The number of carbonyl (C=O) groups excluding carboxylic acids is 1. The summed E-state index contributed by atoms with van der Waals surface area (Å²) >= 11 is 3.90. The number of carbonyl (C=O) groups is 1. The maximum atomic E-state index is 12.4. The van der Waals surface area contributed by atoms with Crippen molar-refractivity contribution in [3.8, 4) is 0 Å². The zero-order valence-electron chi connectivity index (χ0n) is 18.1. The summed E-state index contributed by atoms with van der Waals surface area (Å²) < 4.78 is 11.9. The Balaban J connectivity index is 2.81. The van der Waals surface area contributed by atoms with E-state index in [2.05, 4.69) is 55.1 Å². The van der Waals surface area contributed by atoms with Crippen LogP contribution in [0.1, 0.15) is 73.6 Å². The Morgan fingerprint density at radius 3 is 2.12 bits per heavy atom. The molecule has 1 aliphatic rings. The molecule has 0 bridgehead atoms. The summed E-state index contributed by atoms with van der Waals surface area (Å²) in [6.45, 7) is 17.4. The Labute approximate surface area is 170 Å². The van der Waals surface area contributed by atoms with Crippen molar-refractivity contribution in [3.63, 3.8) is 0 Å². The average Bonchev–Trinajstić information content (AvgIpc) is 2.48. The Bertz CT molecular complexity index is 451. The van der Waals surface area contributed by atoms with Crippen molar-refractivity contribution in [2.75, 3.05) is 6.61 Å². The third-order valence-corrected chi connectivity index (χ3v) is 11.5. The number of alkyl carbamates (subject to hydrolysis) is 1. The van der Waals surface area contributed by atoms with Crippen LogP contribution in [0.5, 0.6) is 0 Å². The van der Waals surface area contributed by atoms with E-state index in [0.29, 0.717) is 12.5 Å². The first kappa shape index (κ1) is 24.0. The maximum Gasteiger partial charge on any atom is 0.407 e. The lowest BCUT2D eigenvalue weighted by molar-refractivity contribution is 0.0476. The zero-order valence-corrected chi connectivity index (χ0v) is 20.7. The zero-order chi connectivity index (χ0) is 20.2. The SMILES string of the molecule is CC(C)(C)OC(=O)N[C@H](CO[Si](C)(C)C(C)(C)C)[C@@H](Br)C1CCCCC1. The van der Waals surface area contributed by atoms with Crippen LogP contribution >= 0.6 is 15.9 Å². The number of hydrogen-bond donors (Lipinski definition) is 1. The fourth-order valence-corrected chi connectivity index (χ4v) is 4.81. The van der Waals surface area contributed by atoms with Gasteiger partial charge in [0.2, 0.25) is 0 Å². The number of hydrogen-bond acceptors (Lipinski definition) is 3. The van der Waals surface area contributed by atoms with Crippen molar-refractivity contribution in [2.24, 2.45) is 5.92 Å². The smallest absolute Gasteiger partial charge is 0.407 e. The van der Waals surface area contributed by atoms with Crippen LogP contribution in [0.15, 0.2) is 0 Å². The number of alkyl halides is 1. The second-order valence-electron chi connectivity index (χ2n) is 10.2. The highest BCUT2D eigenvalue weighted by Crippen LogP contribution is 2.37. The summed E-state index contributed by atoms with van der Waals surface area (Å²) in [5, 5.41) is 3.23. The molecule has 0 heterocycles. The van der Waals surface area contributed by atoms with Crippen LogP contribution in [0.4, 0.5) is 4.79 Å². The summed E-state index contributed by atoms with van der Waals surface area (Å²) in [4.78, 5) is 12.6. The molecule has 2 atom stereocenters. The first-order valence-corrected chi connectivity index (χ1v) is 13.8.